The molecule has 1 unspecified atom stereocenters. The Morgan fingerprint density at radius 3 is 2.60 bits per heavy atom. The van der Waals surface area contributed by atoms with E-state index in [1.807, 2.05) is 6.07 Å². The number of unbranched alkanes of at least 4 members (excludes halogenated alkanes) is 1. The number of pyridine rings is 1. The van der Waals surface area contributed by atoms with Gasteiger partial charge in [0.1, 0.15) is 5.75 Å². The van der Waals surface area contributed by atoms with Crippen LogP contribution in [0.15, 0.2) is 65.9 Å². The Kier molecular flexibility index (Phi) is 11.4. The number of amides is 1. The summed E-state index contributed by atoms with van der Waals surface area (Å²) in [6.07, 6.45) is 11.8. The lowest BCUT2D eigenvalue weighted by Crippen LogP contribution is -2.41. The molecule has 1 aliphatic heterocycles. The average Bonchev–Trinajstić information content (AvgIpc) is 3.07. The number of methoxy groups -OCH3 is 1. The highest BCUT2D eigenvalue weighted by Gasteiger charge is 2.19. The molecule has 0 saturated carbocycles. The van der Waals surface area contributed by atoms with E-state index in [0.29, 0.717) is 47.2 Å². The molecular formula is C35H43FN4O5. The quantitative estimate of drug-likeness (QED) is 0.157. The average molecular weight is 619 g/mol. The van der Waals surface area contributed by atoms with Crippen LogP contribution in [0.1, 0.15) is 51.9 Å². The molecule has 2 aromatic carbocycles. The molecule has 10 heteroatoms. The van der Waals surface area contributed by atoms with Crippen LogP contribution >= 0.6 is 0 Å². The molecule has 9 nitrogen and oxygen atoms in total. The second kappa shape index (κ2) is 15.8. The number of hydrogen-bond acceptors (Lipinski definition) is 8. The van der Waals surface area contributed by atoms with Gasteiger partial charge >= 0.3 is 0 Å². The van der Waals surface area contributed by atoms with Crippen LogP contribution in [-0.2, 0) is 4.79 Å². The summed E-state index contributed by atoms with van der Waals surface area (Å²) in [5.41, 5.74) is 3.38. The van der Waals surface area contributed by atoms with Crippen molar-refractivity contribution in [2.45, 2.75) is 58.1 Å². The molecule has 1 saturated heterocycles. The minimum absolute atomic E-state index is 0.0278. The molecular weight excluding hydrogens is 575 g/mol. The second-order valence-electron chi connectivity index (χ2n) is 11.6. The molecule has 1 aromatic heterocycles. The van der Waals surface area contributed by atoms with Gasteiger partial charge in [0.15, 0.2) is 29.3 Å². The predicted molar refractivity (Wildman–Crippen MR) is 173 cm³/mol. The Labute approximate surface area is 263 Å². The van der Waals surface area contributed by atoms with Crippen LogP contribution in [0.25, 0.3) is 10.9 Å². The van der Waals surface area contributed by atoms with Crippen molar-refractivity contribution in [2.24, 2.45) is 5.92 Å². The van der Waals surface area contributed by atoms with E-state index >= 15 is 4.39 Å². The first-order valence-electron chi connectivity index (χ1n) is 15.8. The largest absolute Gasteiger partial charge is 0.493 e. The fourth-order valence-corrected chi connectivity index (χ4v) is 5.54. The number of hydrogen-bond donors (Lipinski definition) is 4. The Hall–Kier alpha value is -3.99. The lowest BCUT2D eigenvalue weighted by atomic mass is 9.95. The number of aliphatic hydroxyl groups excluding tert-OH is 1. The number of ether oxygens (including phenoxy) is 3. The van der Waals surface area contributed by atoms with Crippen molar-refractivity contribution in [3.05, 3.63) is 71.7 Å². The van der Waals surface area contributed by atoms with Crippen LogP contribution < -0.4 is 30.2 Å². The molecule has 2 aliphatic rings. The Balaban J connectivity index is 1.19. The topological polar surface area (TPSA) is 114 Å². The van der Waals surface area contributed by atoms with Gasteiger partial charge in [-0.25, -0.2) is 4.39 Å². The molecule has 1 fully saturated rings. The van der Waals surface area contributed by atoms with Gasteiger partial charge in [0.05, 0.1) is 19.2 Å². The summed E-state index contributed by atoms with van der Waals surface area (Å²) in [5, 5.41) is 19.7. The van der Waals surface area contributed by atoms with Crippen LogP contribution in [0.2, 0.25) is 0 Å². The molecule has 240 valence electrons. The summed E-state index contributed by atoms with van der Waals surface area (Å²) in [6.45, 7) is 5.15. The fourth-order valence-electron chi connectivity index (χ4n) is 5.54. The van der Waals surface area contributed by atoms with Gasteiger partial charge in [0.25, 0.3) is 5.91 Å². The van der Waals surface area contributed by atoms with Gasteiger partial charge in [-0.05, 0) is 81.8 Å². The van der Waals surface area contributed by atoms with Crippen molar-refractivity contribution >= 4 is 22.5 Å². The molecule has 5 rings (SSSR count). The first-order chi connectivity index (χ1) is 21.9. The van der Waals surface area contributed by atoms with Crippen molar-refractivity contribution in [2.75, 3.05) is 38.7 Å². The highest BCUT2D eigenvalue weighted by molar-refractivity contribution is 5.93. The number of aliphatic hydroxyl groups is 1. The highest BCUT2D eigenvalue weighted by atomic mass is 19.1. The second-order valence-corrected chi connectivity index (χ2v) is 11.6. The van der Waals surface area contributed by atoms with Crippen molar-refractivity contribution < 1.29 is 28.5 Å². The lowest BCUT2D eigenvalue weighted by molar-refractivity contribution is -0.125. The third kappa shape index (κ3) is 8.81. The normalized spacial score (nSPS) is 16.1. The van der Waals surface area contributed by atoms with Gasteiger partial charge in [0, 0.05) is 35.9 Å². The smallest absolute Gasteiger partial charge is 0.268 e. The molecule has 2 heterocycles. The monoisotopic (exact) mass is 618 g/mol. The van der Waals surface area contributed by atoms with E-state index in [-0.39, 0.29) is 11.4 Å². The number of aromatic nitrogens is 1. The van der Waals surface area contributed by atoms with Crippen molar-refractivity contribution in [1.82, 2.24) is 15.6 Å². The Bertz CT molecular complexity index is 1540. The zero-order valence-corrected chi connectivity index (χ0v) is 26.0. The van der Waals surface area contributed by atoms with Gasteiger partial charge in [-0.2, -0.15) is 0 Å². The molecule has 1 aliphatic carbocycles. The van der Waals surface area contributed by atoms with E-state index in [9.17, 15) is 9.90 Å². The summed E-state index contributed by atoms with van der Waals surface area (Å²) in [7, 11) is 1.57. The zero-order chi connectivity index (χ0) is 31.6. The number of nitrogens with zero attached hydrogens (tertiary/aromatic N) is 1. The molecule has 1 atom stereocenters. The fraction of sp³-hybridized carbons (Fsp3) is 0.429. The maximum atomic E-state index is 15.1. The standard InChI is InChI=1S/C35H43FN4O5/c1-3-4-5-23-6-8-24(9-7-23)21-39-34(41)35(42)40-26-10-11-31(28(36)18-26)45-30-14-17-38-29-20-33(32(43-2)19-27(29)30)44-22-25-12-15-37-16-13-25/h6,8,10-11,14,17-20,25,34,37,39,41H,3-5,7,9,12-13,15-16,21-22H2,1-2H3,(H,40,42). The molecule has 1 amide bonds. The van der Waals surface area contributed by atoms with E-state index in [4.69, 9.17) is 14.2 Å². The van der Waals surface area contributed by atoms with E-state index in [2.05, 4.69) is 40.0 Å². The molecule has 45 heavy (non-hydrogen) atoms. The number of benzene rings is 2. The minimum Gasteiger partial charge on any atom is -0.493 e. The van der Waals surface area contributed by atoms with Crippen LogP contribution in [0.3, 0.4) is 0 Å². The van der Waals surface area contributed by atoms with Crippen LogP contribution in [0, 0.1) is 11.7 Å². The highest BCUT2D eigenvalue weighted by Crippen LogP contribution is 2.38. The Morgan fingerprint density at radius 1 is 1.07 bits per heavy atom. The van der Waals surface area contributed by atoms with E-state index in [0.717, 1.165) is 56.8 Å². The van der Waals surface area contributed by atoms with E-state index in [1.54, 1.807) is 25.4 Å². The summed E-state index contributed by atoms with van der Waals surface area (Å²) in [6, 6.07) is 9.34. The number of nitrogens with one attached hydrogen (secondary N) is 3. The predicted octanol–water partition coefficient (Wildman–Crippen LogP) is 6.24. The van der Waals surface area contributed by atoms with Crippen molar-refractivity contribution in [1.29, 1.82) is 0 Å². The zero-order valence-electron chi connectivity index (χ0n) is 26.0. The summed E-state index contributed by atoms with van der Waals surface area (Å²) >= 11 is 0. The van der Waals surface area contributed by atoms with Gasteiger partial charge in [-0.3, -0.25) is 15.1 Å². The molecule has 3 aromatic rings. The number of allylic oxidation sites excluding steroid dienone is 3. The molecule has 0 radical (unpaired) electrons. The first kappa shape index (κ1) is 32.4. The summed E-state index contributed by atoms with van der Waals surface area (Å²) < 4.78 is 32.8. The van der Waals surface area contributed by atoms with E-state index < -0.39 is 18.0 Å². The number of carbonyl (C=O) groups excluding carboxylic acids is 1. The number of piperidine rings is 1. The number of fused-ring (bicyclic) bond motifs is 1. The Morgan fingerprint density at radius 2 is 1.87 bits per heavy atom. The van der Waals surface area contributed by atoms with Gasteiger partial charge in [-0.1, -0.05) is 36.6 Å². The molecule has 4 N–H and O–H groups in total. The number of carbonyl (C=O) groups is 1. The summed E-state index contributed by atoms with van der Waals surface area (Å²) in [5.74, 6) is 0.622. The first-order valence-corrected chi connectivity index (χ1v) is 15.8. The van der Waals surface area contributed by atoms with Crippen LogP contribution in [-0.4, -0.2) is 55.6 Å². The molecule has 0 bridgehead atoms. The third-order valence-electron chi connectivity index (χ3n) is 8.28. The van der Waals surface area contributed by atoms with Crippen molar-refractivity contribution in [3.8, 4) is 23.0 Å². The minimum atomic E-state index is -1.44. The van der Waals surface area contributed by atoms with Crippen molar-refractivity contribution in [3.63, 3.8) is 0 Å². The molecule has 0 spiro atoms. The maximum Gasteiger partial charge on any atom is 0.268 e. The lowest BCUT2D eigenvalue weighted by Gasteiger charge is -2.23. The SMILES string of the molecule is CCCCC1=CC=C(CNC(O)C(=O)Nc2ccc(Oc3ccnc4cc(OCC5CCNCC5)c(OC)cc34)c(F)c2)CC1. The number of halogens is 1. The van der Waals surface area contributed by atoms with Gasteiger partial charge < -0.3 is 30.0 Å². The van der Waals surface area contributed by atoms with Crippen LogP contribution in [0.5, 0.6) is 23.0 Å². The summed E-state index contributed by atoms with van der Waals surface area (Å²) in [4.78, 5) is 17.0. The number of anilines is 1. The number of rotatable bonds is 14. The van der Waals surface area contributed by atoms with Gasteiger partial charge in [0.2, 0.25) is 0 Å². The maximum absolute atomic E-state index is 15.1. The van der Waals surface area contributed by atoms with Crippen LogP contribution in [0.4, 0.5) is 10.1 Å². The third-order valence-corrected chi connectivity index (χ3v) is 8.28. The van der Waals surface area contributed by atoms with Gasteiger partial charge in [-0.15, -0.1) is 0 Å². The van der Waals surface area contributed by atoms with E-state index in [1.165, 1.54) is 30.5 Å².